The molecule has 0 bridgehead atoms. The van der Waals surface area contributed by atoms with Crippen molar-refractivity contribution in [2.75, 3.05) is 12.8 Å². The SMILES string of the molecule is CC.COC(=O)/C=C/c1cccc(C(C)=O)c1N. The van der Waals surface area contributed by atoms with Gasteiger partial charge in [-0.15, -0.1) is 0 Å². The van der Waals surface area contributed by atoms with E-state index in [2.05, 4.69) is 4.74 Å². The van der Waals surface area contributed by atoms with Gasteiger partial charge in [-0.1, -0.05) is 26.0 Å². The van der Waals surface area contributed by atoms with Crippen molar-refractivity contribution in [3.8, 4) is 0 Å². The molecule has 0 aliphatic heterocycles. The molecule has 2 N–H and O–H groups in total. The van der Waals surface area contributed by atoms with Crippen LogP contribution in [0.4, 0.5) is 5.69 Å². The van der Waals surface area contributed by atoms with Crippen LogP contribution in [0.25, 0.3) is 6.08 Å². The highest BCUT2D eigenvalue weighted by molar-refractivity contribution is 6.01. The maximum absolute atomic E-state index is 11.2. The topological polar surface area (TPSA) is 69.4 Å². The van der Waals surface area contributed by atoms with Crippen molar-refractivity contribution < 1.29 is 14.3 Å². The van der Waals surface area contributed by atoms with Crippen LogP contribution in [0.2, 0.25) is 0 Å². The average Bonchev–Trinajstić information content (AvgIpc) is 2.39. The van der Waals surface area contributed by atoms with Crippen LogP contribution in [0.3, 0.4) is 0 Å². The second-order valence-corrected chi connectivity index (χ2v) is 3.22. The summed E-state index contributed by atoms with van der Waals surface area (Å²) in [5.74, 6) is -0.571. The van der Waals surface area contributed by atoms with Crippen LogP contribution in [0, 0.1) is 0 Å². The van der Waals surface area contributed by atoms with Crippen LogP contribution >= 0.6 is 0 Å². The van der Waals surface area contributed by atoms with Crippen LogP contribution in [0.5, 0.6) is 0 Å². The minimum absolute atomic E-state index is 0.106. The maximum Gasteiger partial charge on any atom is 0.330 e. The first kappa shape index (κ1) is 15.9. The third kappa shape index (κ3) is 4.41. The Morgan fingerprint density at radius 3 is 2.39 bits per heavy atom. The van der Waals surface area contributed by atoms with Crippen LogP contribution in [0.1, 0.15) is 36.7 Å². The van der Waals surface area contributed by atoms with Crippen LogP contribution in [0.15, 0.2) is 24.3 Å². The zero-order valence-corrected chi connectivity index (χ0v) is 11.2. The molecule has 18 heavy (non-hydrogen) atoms. The Bertz CT molecular complexity index is 450. The second kappa shape index (κ2) is 8.06. The molecule has 0 atom stereocenters. The number of esters is 1. The fraction of sp³-hybridized carbons (Fsp3) is 0.286. The highest BCUT2D eigenvalue weighted by atomic mass is 16.5. The molecular weight excluding hydrogens is 230 g/mol. The van der Waals surface area contributed by atoms with Gasteiger partial charge >= 0.3 is 5.97 Å². The Labute approximate surface area is 107 Å². The minimum Gasteiger partial charge on any atom is -0.466 e. The van der Waals surface area contributed by atoms with Gasteiger partial charge < -0.3 is 10.5 Å². The van der Waals surface area contributed by atoms with Gasteiger partial charge in [-0.2, -0.15) is 0 Å². The van der Waals surface area contributed by atoms with Crippen LogP contribution < -0.4 is 5.73 Å². The van der Waals surface area contributed by atoms with E-state index in [0.29, 0.717) is 16.8 Å². The zero-order chi connectivity index (χ0) is 14.1. The minimum atomic E-state index is -0.465. The number of anilines is 1. The number of ketones is 1. The Balaban J connectivity index is 0.00000137. The smallest absolute Gasteiger partial charge is 0.330 e. The van der Waals surface area contributed by atoms with Gasteiger partial charge in [0, 0.05) is 17.3 Å². The van der Waals surface area contributed by atoms with Gasteiger partial charge in [0.25, 0.3) is 0 Å². The molecule has 0 amide bonds. The Morgan fingerprint density at radius 2 is 1.89 bits per heavy atom. The number of para-hydroxylation sites is 1. The van der Waals surface area contributed by atoms with E-state index >= 15 is 0 Å². The third-order valence-electron chi connectivity index (χ3n) is 2.12. The van der Waals surface area contributed by atoms with Gasteiger partial charge in [0.15, 0.2) is 5.78 Å². The first-order valence-electron chi connectivity index (χ1n) is 5.71. The summed E-state index contributed by atoms with van der Waals surface area (Å²) < 4.78 is 4.46. The number of benzene rings is 1. The fourth-order valence-electron chi connectivity index (χ4n) is 1.26. The van der Waals surface area contributed by atoms with Crippen LogP contribution in [-0.2, 0) is 9.53 Å². The molecule has 0 spiro atoms. The lowest BCUT2D eigenvalue weighted by Gasteiger charge is -2.04. The molecule has 0 aromatic heterocycles. The molecule has 0 fully saturated rings. The number of hydrogen-bond donors (Lipinski definition) is 1. The molecule has 0 heterocycles. The monoisotopic (exact) mass is 249 g/mol. The summed E-state index contributed by atoms with van der Waals surface area (Å²) in [5, 5.41) is 0. The molecule has 0 radical (unpaired) electrons. The summed E-state index contributed by atoms with van der Waals surface area (Å²) in [7, 11) is 1.29. The molecule has 0 aliphatic rings. The van der Waals surface area contributed by atoms with Gasteiger partial charge in [-0.05, 0) is 24.6 Å². The van der Waals surface area contributed by atoms with Crippen molar-refractivity contribution in [1.82, 2.24) is 0 Å². The van der Waals surface area contributed by atoms with Gasteiger partial charge in [0.2, 0.25) is 0 Å². The summed E-state index contributed by atoms with van der Waals surface area (Å²) in [5.41, 5.74) is 7.23. The molecule has 1 rings (SSSR count). The van der Waals surface area contributed by atoms with E-state index in [1.165, 1.54) is 26.2 Å². The van der Waals surface area contributed by atoms with Crippen molar-refractivity contribution in [3.05, 3.63) is 35.4 Å². The van der Waals surface area contributed by atoms with E-state index in [0.717, 1.165) is 0 Å². The Morgan fingerprint density at radius 1 is 1.28 bits per heavy atom. The molecular formula is C14H19NO3. The molecule has 0 saturated heterocycles. The molecule has 98 valence electrons. The first-order valence-corrected chi connectivity index (χ1v) is 5.71. The zero-order valence-electron chi connectivity index (χ0n) is 11.2. The molecule has 0 aliphatic carbocycles. The molecule has 4 nitrogen and oxygen atoms in total. The lowest BCUT2D eigenvalue weighted by molar-refractivity contribution is -0.134. The van der Waals surface area contributed by atoms with E-state index in [-0.39, 0.29) is 5.78 Å². The van der Waals surface area contributed by atoms with E-state index in [1.54, 1.807) is 18.2 Å². The van der Waals surface area contributed by atoms with E-state index < -0.39 is 5.97 Å². The third-order valence-corrected chi connectivity index (χ3v) is 2.12. The van der Waals surface area contributed by atoms with Crippen molar-refractivity contribution in [2.45, 2.75) is 20.8 Å². The number of nitrogen functional groups attached to an aromatic ring is 1. The molecule has 0 saturated carbocycles. The summed E-state index contributed by atoms with van der Waals surface area (Å²) in [4.78, 5) is 22.1. The van der Waals surface area contributed by atoms with E-state index in [1.807, 2.05) is 13.8 Å². The van der Waals surface area contributed by atoms with Crippen molar-refractivity contribution >= 4 is 23.5 Å². The van der Waals surface area contributed by atoms with Gasteiger partial charge in [0.05, 0.1) is 7.11 Å². The standard InChI is InChI=1S/C12H13NO3.C2H6/c1-8(14)10-5-3-4-9(12(10)13)6-7-11(15)16-2;1-2/h3-7H,13H2,1-2H3;1-2H3/b7-6+;. The number of carbonyl (C=O) groups excluding carboxylic acids is 2. The normalized spacial score (nSPS) is 9.56. The molecule has 0 unspecified atom stereocenters. The van der Waals surface area contributed by atoms with Crippen LogP contribution in [-0.4, -0.2) is 18.9 Å². The second-order valence-electron chi connectivity index (χ2n) is 3.22. The van der Waals surface area contributed by atoms with Crippen molar-refractivity contribution in [2.24, 2.45) is 0 Å². The summed E-state index contributed by atoms with van der Waals surface area (Å²) in [6, 6.07) is 5.08. The molecule has 1 aromatic rings. The van der Waals surface area contributed by atoms with Crippen molar-refractivity contribution in [1.29, 1.82) is 0 Å². The number of ether oxygens (including phenoxy) is 1. The summed E-state index contributed by atoms with van der Waals surface area (Å²) >= 11 is 0. The summed E-state index contributed by atoms with van der Waals surface area (Å²) in [6.45, 7) is 5.44. The Hall–Kier alpha value is -2.10. The molecule has 1 aromatic carbocycles. The maximum atomic E-state index is 11.2. The average molecular weight is 249 g/mol. The highest BCUT2D eigenvalue weighted by Crippen LogP contribution is 2.19. The lowest BCUT2D eigenvalue weighted by Crippen LogP contribution is -2.01. The number of rotatable bonds is 3. The number of carbonyl (C=O) groups is 2. The number of hydrogen-bond acceptors (Lipinski definition) is 4. The van der Waals surface area contributed by atoms with E-state index in [9.17, 15) is 9.59 Å². The number of methoxy groups -OCH3 is 1. The summed E-state index contributed by atoms with van der Waals surface area (Å²) in [6.07, 6.45) is 2.78. The Kier molecular flexibility index (Phi) is 7.12. The number of nitrogens with two attached hydrogens (primary N) is 1. The van der Waals surface area contributed by atoms with Gasteiger partial charge in [0.1, 0.15) is 0 Å². The fourth-order valence-corrected chi connectivity index (χ4v) is 1.26. The highest BCUT2D eigenvalue weighted by Gasteiger charge is 2.06. The quantitative estimate of drug-likeness (QED) is 0.387. The van der Waals surface area contributed by atoms with E-state index in [4.69, 9.17) is 5.73 Å². The molecule has 4 heteroatoms. The predicted molar refractivity (Wildman–Crippen MR) is 73.3 cm³/mol. The largest absolute Gasteiger partial charge is 0.466 e. The lowest BCUT2D eigenvalue weighted by atomic mass is 10.0. The number of Topliss-reactive ketones (excluding diaryl/α,β-unsaturated/α-hetero) is 1. The first-order chi connectivity index (χ1) is 8.56. The van der Waals surface area contributed by atoms with Crippen molar-refractivity contribution in [3.63, 3.8) is 0 Å². The van der Waals surface area contributed by atoms with Gasteiger partial charge in [-0.3, -0.25) is 4.79 Å². The van der Waals surface area contributed by atoms with Gasteiger partial charge in [-0.25, -0.2) is 4.79 Å². The predicted octanol–water partition coefficient (Wildman–Crippen LogP) is 2.68.